The zero-order valence-corrected chi connectivity index (χ0v) is 20.1. The second-order valence-electron chi connectivity index (χ2n) is 8.93. The smallest absolute Gasteiger partial charge is 0.237 e. The number of hydrogen-bond acceptors (Lipinski definition) is 4. The Balaban J connectivity index is 1.28. The van der Waals surface area contributed by atoms with E-state index in [1.54, 1.807) is 14.2 Å². The molecule has 6 nitrogen and oxygen atoms in total. The van der Waals surface area contributed by atoms with Gasteiger partial charge in [0, 0.05) is 23.1 Å². The quantitative estimate of drug-likeness (QED) is 0.534. The van der Waals surface area contributed by atoms with Gasteiger partial charge in [0.2, 0.25) is 5.91 Å². The lowest BCUT2D eigenvalue weighted by molar-refractivity contribution is -0.126. The van der Waals surface area contributed by atoms with Gasteiger partial charge >= 0.3 is 0 Å². The summed E-state index contributed by atoms with van der Waals surface area (Å²) in [6, 6.07) is 14.3. The normalized spacial score (nSPS) is 16.0. The Morgan fingerprint density at radius 3 is 2.58 bits per heavy atom. The van der Waals surface area contributed by atoms with Gasteiger partial charge in [0.15, 0.2) is 11.5 Å². The van der Waals surface area contributed by atoms with E-state index < -0.39 is 0 Å². The van der Waals surface area contributed by atoms with Crippen molar-refractivity contribution in [2.75, 3.05) is 33.9 Å². The topological polar surface area (TPSA) is 66.6 Å². The highest BCUT2D eigenvalue weighted by Crippen LogP contribution is 2.36. The molecule has 2 N–H and O–H groups in total. The van der Waals surface area contributed by atoms with Gasteiger partial charge < -0.3 is 19.8 Å². The fourth-order valence-electron chi connectivity index (χ4n) is 5.08. The molecule has 33 heavy (non-hydrogen) atoms. The minimum absolute atomic E-state index is 0.0946. The van der Waals surface area contributed by atoms with Crippen LogP contribution in [0.2, 0.25) is 0 Å². The summed E-state index contributed by atoms with van der Waals surface area (Å²) in [5.74, 6) is 2.06. The van der Waals surface area contributed by atoms with E-state index in [1.807, 2.05) is 25.1 Å². The number of para-hydroxylation sites is 1. The first-order chi connectivity index (χ1) is 16.0. The van der Waals surface area contributed by atoms with E-state index in [0.29, 0.717) is 24.0 Å². The summed E-state index contributed by atoms with van der Waals surface area (Å²) in [6.07, 6.45) is 2.90. The molecule has 1 saturated heterocycles. The molecule has 0 bridgehead atoms. The van der Waals surface area contributed by atoms with Crippen LogP contribution in [0, 0.1) is 6.92 Å². The Morgan fingerprint density at radius 1 is 1.12 bits per heavy atom. The van der Waals surface area contributed by atoms with Crippen molar-refractivity contribution in [2.24, 2.45) is 0 Å². The standard InChI is InChI=1S/C27H35N3O3/c1-18-26(22-7-5-6-8-23(22)29-18)21-12-15-30(16-13-21)19(2)27(31)28-14-11-20-9-10-24(32-3)25(17-20)33-4/h5-10,17,19,21,29H,11-16H2,1-4H3,(H,28,31). The molecule has 1 aliphatic heterocycles. The number of hydrogen-bond donors (Lipinski definition) is 2. The van der Waals surface area contributed by atoms with Gasteiger partial charge in [0.1, 0.15) is 0 Å². The van der Waals surface area contributed by atoms with Gasteiger partial charge in [-0.05, 0) is 81.4 Å². The lowest BCUT2D eigenvalue weighted by Crippen LogP contribution is -2.48. The van der Waals surface area contributed by atoms with Crippen LogP contribution in [0.1, 0.15) is 42.5 Å². The number of rotatable bonds is 8. The van der Waals surface area contributed by atoms with Crippen molar-refractivity contribution in [2.45, 2.75) is 45.1 Å². The Kier molecular flexibility index (Phi) is 7.23. The number of ether oxygens (including phenoxy) is 2. The number of carbonyl (C=O) groups excluding carboxylic acids is 1. The molecular formula is C27H35N3O3. The predicted molar refractivity (Wildman–Crippen MR) is 132 cm³/mol. The first kappa shape index (κ1) is 23.2. The highest BCUT2D eigenvalue weighted by Gasteiger charge is 2.29. The molecule has 6 heteroatoms. The van der Waals surface area contributed by atoms with Gasteiger partial charge in [0.05, 0.1) is 20.3 Å². The van der Waals surface area contributed by atoms with Crippen molar-refractivity contribution in [1.82, 2.24) is 15.2 Å². The maximum absolute atomic E-state index is 12.8. The van der Waals surface area contributed by atoms with Gasteiger partial charge in [-0.2, -0.15) is 0 Å². The maximum Gasteiger partial charge on any atom is 0.237 e. The van der Waals surface area contributed by atoms with Crippen LogP contribution in [0.15, 0.2) is 42.5 Å². The Morgan fingerprint density at radius 2 is 1.85 bits per heavy atom. The molecule has 4 rings (SSSR count). The van der Waals surface area contributed by atoms with Crippen molar-refractivity contribution < 1.29 is 14.3 Å². The Labute approximate surface area is 196 Å². The van der Waals surface area contributed by atoms with Crippen molar-refractivity contribution >= 4 is 16.8 Å². The number of aromatic amines is 1. The molecular weight excluding hydrogens is 414 g/mol. The van der Waals surface area contributed by atoms with Gasteiger partial charge in [0.25, 0.3) is 0 Å². The highest BCUT2D eigenvalue weighted by atomic mass is 16.5. The van der Waals surface area contributed by atoms with Gasteiger partial charge in [-0.1, -0.05) is 24.3 Å². The van der Waals surface area contributed by atoms with Crippen LogP contribution in [0.5, 0.6) is 11.5 Å². The molecule has 1 aliphatic rings. The molecule has 1 atom stereocenters. The first-order valence-corrected chi connectivity index (χ1v) is 11.8. The third kappa shape index (κ3) is 5.01. The summed E-state index contributed by atoms with van der Waals surface area (Å²) in [5.41, 5.74) is 5.05. The fourth-order valence-corrected chi connectivity index (χ4v) is 5.08. The summed E-state index contributed by atoms with van der Waals surface area (Å²) < 4.78 is 10.7. The molecule has 1 unspecified atom stereocenters. The van der Waals surface area contributed by atoms with E-state index >= 15 is 0 Å². The minimum atomic E-state index is -0.125. The number of fused-ring (bicyclic) bond motifs is 1. The molecule has 1 fully saturated rings. The number of nitrogens with one attached hydrogen (secondary N) is 2. The van der Waals surface area contributed by atoms with Crippen molar-refractivity contribution in [3.8, 4) is 11.5 Å². The summed E-state index contributed by atoms with van der Waals surface area (Å²) in [4.78, 5) is 18.6. The molecule has 2 heterocycles. The number of benzene rings is 2. The van der Waals surface area contributed by atoms with Crippen LogP contribution in [0.25, 0.3) is 10.9 Å². The van der Waals surface area contributed by atoms with E-state index in [0.717, 1.165) is 37.9 Å². The number of methoxy groups -OCH3 is 2. The molecule has 0 radical (unpaired) electrons. The number of amides is 1. The predicted octanol–water partition coefficient (Wildman–Crippen LogP) is 4.42. The van der Waals surface area contributed by atoms with Crippen LogP contribution in [0.3, 0.4) is 0 Å². The summed E-state index contributed by atoms with van der Waals surface area (Å²) in [7, 11) is 3.26. The van der Waals surface area contributed by atoms with Crippen LogP contribution in [-0.4, -0.2) is 55.7 Å². The molecule has 0 saturated carbocycles. The van der Waals surface area contributed by atoms with E-state index in [-0.39, 0.29) is 11.9 Å². The van der Waals surface area contributed by atoms with Crippen molar-refractivity contribution in [3.63, 3.8) is 0 Å². The van der Waals surface area contributed by atoms with E-state index in [9.17, 15) is 4.79 Å². The van der Waals surface area contributed by atoms with Crippen LogP contribution in [-0.2, 0) is 11.2 Å². The van der Waals surface area contributed by atoms with Crippen LogP contribution < -0.4 is 14.8 Å². The molecule has 3 aromatic rings. The lowest BCUT2D eigenvalue weighted by Gasteiger charge is -2.35. The van der Waals surface area contributed by atoms with E-state index in [1.165, 1.54) is 22.2 Å². The number of nitrogens with zero attached hydrogens (tertiary/aromatic N) is 1. The number of piperidine rings is 1. The third-order valence-electron chi connectivity index (χ3n) is 6.97. The first-order valence-electron chi connectivity index (χ1n) is 11.8. The van der Waals surface area contributed by atoms with Gasteiger partial charge in [-0.25, -0.2) is 0 Å². The monoisotopic (exact) mass is 449 g/mol. The third-order valence-corrected chi connectivity index (χ3v) is 6.97. The molecule has 0 aliphatic carbocycles. The molecule has 176 valence electrons. The average Bonchev–Trinajstić information content (AvgIpc) is 3.19. The maximum atomic E-state index is 12.8. The van der Waals surface area contributed by atoms with Gasteiger partial charge in [-0.3, -0.25) is 9.69 Å². The second kappa shape index (κ2) is 10.3. The molecule has 0 spiro atoms. The van der Waals surface area contributed by atoms with Crippen molar-refractivity contribution in [3.05, 3.63) is 59.3 Å². The lowest BCUT2D eigenvalue weighted by atomic mass is 9.87. The summed E-state index contributed by atoms with van der Waals surface area (Å²) in [5, 5.41) is 4.45. The van der Waals surface area contributed by atoms with Crippen molar-refractivity contribution in [1.29, 1.82) is 0 Å². The van der Waals surface area contributed by atoms with Gasteiger partial charge in [-0.15, -0.1) is 0 Å². The number of carbonyl (C=O) groups is 1. The summed E-state index contributed by atoms with van der Waals surface area (Å²) in [6.45, 7) is 6.67. The zero-order chi connectivity index (χ0) is 23.4. The Hall–Kier alpha value is -2.99. The second-order valence-corrected chi connectivity index (χ2v) is 8.93. The molecule has 1 amide bonds. The highest BCUT2D eigenvalue weighted by molar-refractivity contribution is 5.85. The van der Waals surface area contributed by atoms with E-state index in [4.69, 9.17) is 9.47 Å². The SMILES string of the molecule is COc1ccc(CCNC(=O)C(C)N2CCC(c3c(C)[nH]c4ccccc34)CC2)cc1OC. The fraction of sp³-hybridized carbons (Fsp3) is 0.444. The van der Waals surface area contributed by atoms with Crippen LogP contribution >= 0.6 is 0 Å². The Bertz CT molecular complexity index is 1100. The number of aromatic nitrogens is 1. The number of likely N-dealkylation sites (tertiary alicyclic amines) is 1. The minimum Gasteiger partial charge on any atom is -0.493 e. The number of aryl methyl sites for hydroxylation is 1. The molecule has 1 aromatic heterocycles. The largest absolute Gasteiger partial charge is 0.493 e. The van der Waals surface area contributed by atoms with Crippen LogP contribution in [0.4, 0.5) is 0 Å². The molecule has 2 aromatic carbocycles. The number of H-pyrrole nitrogens is 1. The van der Waals surface area contributed by atoms with E-state index in [2.05, 4.69) is 46.4 Å². The average molecular weight is 450 g/mol. The zero-order valence-electron chi connectivity index (χ0n) is 20.1. The summed E-state index contributed by atoms with van der Waals surface area (Å²) >= 11 is 0.